The van der Waals surface area contributed by atoms with Crippen LogP contribution in [0.15, 0.2) is 39.3 Å². The molecule has 21 heavy (non-hydrogen) atoms. The van der Waals surface area contributed by atoms with Gasteiger partial charge in [0, 0.05) is 32.8 Å². The van der Waals surface area contributed by atoms with Gasteiger partial charge in [0.1, 0.15) is 5.82 Å². The van der Waals surface area contributed by atoms with Crippen LogP contribution in [0, 0.1) is 22.9 Å². The zero-order valence-electron chi connectivity index (χ0n) is 11.0. The van der Waals surface area contributed by atoms with Crippen LogP contribution in [0.4, 0.5) is 15.8 Å². The van der Waals surface area contributed by atoms with E-state index in [-0.39, 0.29) is 11.5 Å². The van der Waals surface area contributed by atoms with Crippen LogP contribution in [-0.2, 0) is 6.54 Å². The van der Waals surface area contributed by atoms with Gasteiger partial charge in [-0.05, 0) is 52.7 Å². The topological polar surface area (TPSA) is 55.2 Å². The molecule has 0 heterocycles. The van der Waals surface area contributed by atoms with Crippen molar-refractivity contribution in [3.05, 3.63) is 66.3 Å². The molecule has 110 valence electrons. The van der Waals surface area contributed by atoms with Gasteiger partial charge < -0.3 is 5.32 Å². The molecular weight excluding hydrogens is 407 g/mol. The molecule has 1 N–H and O–H groups in total. The first-order chi connectivity index (χ1) is 9.88. The van der Waals surface area contributed by atoms with Gasteiger partial charge in [0.25, 0.3) is 5.69 Å². The number of benzene rings is 2. The lowest BCUT2D eigenvalue weighted by atomic mass is 10.1. The van der Waals surface area contributed by atoms with Gasteiger partial charge in [0.15, 0.2) is 0 Å². The number of nitrogens with zero attached hydrogens (tertiary/aromatic N) is 1. The average molecular weight is 418 g/mol. The smallest absolute Gasteiger partial charge is 0.273 e. The van der Waals surface area contributed by atoms with E-state index in [2.05, 4.69) is 37.2 Å². The lowest BCUT2D eigenvalue weighted by Crippen LogP contribution is -2.03. The van der Waals surface area contributed by atoms with Gasteiger partial charge in [0.05, 0.1) is 4.92 Å². The normalized spacial score (nSPS) is 10.5. The second-order valence-corrected chi connectivity index (χ2v) is 6.17. The van der Waals surface area contributed by atoms with Gasteiger partial charge in [-0.15, -0.1) is 0 Å². The summed E-state index contributed by atoms with van der Waals surface area (Å²) >= 11 is 6.66. The summed E-state index contributed by atoms with van der Waals surface area (Å²) in [7, 11) is 0. The summed E-state index contributed by atoms with van der Waals surface area (Å²) in [5.41, 5.74) is 2.09. The molecule has 0 unspecified atom stereocenters. The first-order valence-corrected chi connectivity index (χ1v) is 7.59. The van der Waals surface area contributed by atoms with E-state index in [1.165, 1.54) is 18.2 Å². The summed E-state index contributed by atoms with van der Waals surface area (Å²) in [5.74, 6) is -0.311. The summed E-state index contributed by atoms with van der Waals surface area (Å²) in [6.45, 7) is 2.07. The van der Waals surface area contributed by atoms with Crippen molar-refractivity contribution in [3.8, 4) is 0 Å². The number of nitrogens with one attached hydrogen (secondary N) is 1. The van der Waals surface area contributed by atoms with Crippen molar-refractivity contribution < 1.29 is 9.31 Å². The molecule has 0 amide bonds. The van der Waals surface area contributed by atoms with Crippen molar-refractivity contribution in [3.63, 3.8) is 0 Å². The summed E-state index contributed by atoms with van der Waals surface area (Å²) in [6, 6.07) is 7.60. The first-order valence-electron chi connectivity index (χ1n) is 6.01. The molecule has 2 aromatic carbocycles. The van der Waals surface area contributed by atoms with Gasteiger partial charge in [-0.1, -0.05) is 15.9 Å². The molecule has 0 fully saturated rings. The van der Waals surface area contributed by atoms with Crippen LogP contribution < -0.4 is 5.32 Å². The quantitative estimate of drug-likeness (QED) is 0.550. The van der Waals surface area contributed by atoms with E-state index in [1.807, 2.05) is 0 Å². The molecule has 0 saturated carbocycles. The van der Waals surface area contributed by atoms with E-state index in [1.54, 1.807) is 19.1 Å². The van der Waals surface area contributed by atoms with Gasteiger partial charge >= 0.3 is 0 Å². The minimum Gasteiger partial charge on any atom is -0.380 e. The highest BCUT2D eigenvalue weighted by Crippen LogP contribution is 2.31. The number of rotatable bonds is 4. The first kappa shape index (κ1) is 15.9. The molecule has 0 saturated heterocycles. The Morgan fingerprint density at radius 1 is 1.24 bits per heavy atom. The zero-order chi connectivity index (χ0) is 15.6. The lowest BCUT2D eigenvalue weighted by Gasteiger charge is -2.11. The Kier molecular flexibility index (Phi) is 4.95. The molecule has 0 aromatic heterocycles. The van der Waals surface area contributed by atoms with E-state index in [4.69, 9.17) is 0 Å². The Bertz CT molecular complexity index is 708. The van der Waals surface area contributed by atoms with Crippen molar-refractivity contribution in [2.75, 3.05) is 5.32 Å². The predicted molar refractivity (Wildman–Crippen MR) is 87.0 cm³/mol. The average Bonchev–Trinajstić information content (AvgIpc) is 2.42. The van der Waals surface area contributed by atoms with Crippen LogP contribution in [0.2, 0.25) is 0 Å². The number of hydrogen-bond donors (Lipinski definition) is 1. The predicted octanol–water partition coefficient (Wildman–Crippen LogP) is 5.18. The number of nitro benzene ring substituents is 1. The lowest BCUT2D eigenvalue weighted by molar-refractivity contribution is -0.385. The van der Waals surface area contributed by atoms with Crippen molar-refractivity contribution in [1.82, 2.24) is 0 Å². The van der Waals surface area contributed by atoms with Crippen molar-refractivity contribution >= 4 is 43.2 Å². The minimum atomic E-state index is -0.424. The largest absolute Gasteiger partial charge is 0.380 e. The van der Waals surface area contributed by atoms with E-state index in [9.17, 15) is 14.5 Å². The van der Waals surface area contributed by atoms with Crippen molar-refractivity contribution in [2.24, 2.45) is 0 Å². The standard InChI is InChI=1S/C14H11Br2FN2O2/c1-8-4-13(12(16)6-14(8)19(20)21)18-7-9-5-10(17)2-3-11(9)15/h2-6,18H,7H2,1H3. The third-order valence-corrected chi connectivity index (χ3v) is 4.39. The molecule has 0 radical (unpaired) electrons. The van der Waals surface area contributed by atoms with E-state index < -0.39 is 4.92 Å². The van der Waals surface area contributed by atoms with Crippen LogP contribution in [0.5, 0.6) is 0 Å². The Labute approximate surface area is 137 Å². The number of aryl methyl sites for hydroxylation is 1. The summed E-state index contributed by atoms with van der Waals surface area (Å²) < 4.78 is 14.6. The fourth-order valence-corrected chi connectivity index (χ4v) is 2.73. The van der Waals surface area contributed by atoms with E-state index in [0.29, 0.717) is 22.3 Å². The molecule has 7 heteroatoms. The molecule has 0 aliphatic rings. The third kappa shape index (κ3) is 3.79. The molecular formula is C14H11Br2FN2O2. The molecule has 2 aromatic rings. The highest BCUT2D eigenvalue weighted by atomic mass is 79.9. The van der Waals surface area contributed by atoms with Gasteiger partial charge in [-0.2, -0.15) is 0 Å². The van der Waals surface area contributed by atoms with Gasteiger partial charge in [-0.25, -0.2) is 4.39 Å². The van der Waals surface area contributed by atoms with Crippen LogP contribution in [0.1, 0.15) is 11.1 Å². The summed E-state index contributed by atoms with van der Waals surface area (Å²) in [4.78, 5) is 10.4. The Morgan fingerprint density at radius 3 is 2.62 bits per heavy atom. The van der Waals surface area contributed by atoms with Crippen LogP contribution in [-0.4, -0.2) is 4.92 Å². The monoisotopic (exact) mass is 416 g/mol. The highest BCUT2D eigenvalue weighted by Gasteiger charge is 2.14. The van der Waals surface area contributed by atoms with Crippen molar-refractivity contribution in [1.29, 1.82) is 0 Å². The van der Waals surface area contributed by atoms with E-state index in [0.717, 1.165) is 10.0 Å². The van der Waals surface area contributed by atoms with Crippen LogP contribution >= 0.6 is 31.9 Å². The number of anilines is 1. The number of halogens is 3. The molecule has 0 spiro atoms. The zero-order valence-corrected chi connectivity index (χ0v) is 14.2. The molecule has 0 atom stereocenters. The third-order valence-electron chi connectivity index (χ3n) is 2.96. The van der Waals surface area contributed by atoms with Crippen LogP contribution in [0.3, 0.4) is 0 Å². The highest BCUT2D eigenvalue weighted by molar-refractivity contribution is 9.11. The Morgan fingerprint density at radius 2 is 1.95 bits per heavy atom. The number of nitro groups is 1. The Hall–Kier alpha value is -1.47. The van der Waals surface area contributed by atoms with Crippen molar-refractivity contribution in [2.45, 2.75) is 13.5 Å². The Balaban J connectivity index is 2.22. The fraction of sp³-hybridized carbons (Fsp3) is 0.143. The molecule has 0 aliphatic heterocycles. The molecule has 0 bridgehead atoms. The SMILES string of the molecule is Cc1cc(NCc2cc(F)ccc2Br)c(Br)cc1[N+](=O)[O-]. The maximum atomic E-state index is 13.2. The van der Waals surface area contributed by atoms with Gasteiger partial charge in [0.2, 0.25) is 0 Å². The van der Waals surface area contributed by atoms with Gasteiger partial charge in [-0.3, -0.25) is 10.1 Å². The number of hydrogen-bond acceptors (Lipinski definition) is 3. The summed E-state index contributed by atoms with van der Waals surface area (Å²) in [6.07, 6.45) is 0. The maximum Gasteiger partial charge on any atom is 0.273 e. The van der Waals surface area contributed by atoms with E-state index >= 15 is 0 Å². The second-order valence-electron chi connectivity index (χ2n) is 4.46. The fourth-order valence-electron chi connectivity index (χ4n) is 1.87. The van der Waals surface area contributed by atoms with Crippen LogP contribution in [0.25, 0.3) is 0 Å². The molecule has 0 aliphatic carbocycles. The minimum absolute atomic E-state index is 0.0550. The maximum absolute atomic E-state index is 13.2. The second kappa shape index (κ2) is 6.53. The molecule has 2 rings (SSSR count). The summed E-state index contributed by atoms with van der Waals surface area (Å²) in [5, 5.41) is 14.0. The molecule has 4 nitrogen and oxygen atoms in total.